The first kappa shape index (κ1) is 11.0. The van der Waals surface area contributed by atoms with Gasteiger partial charge < -0.3 is 15.2 Å². The second-order valence-electron chi connectivity index (χ2n) is 4.55. The molecule has 1 aromatic rings. The molecule has 0 saturated heterocycles. The largest absolute Gasteiger partial charge is 0.485 e. The second kappa shape index (κ2) is 4.18. The van der Waals surface area contributed by atoms with Crippen LogP contribution in [0.15, 0.2) is 24.3 Å². The fourth-order valence-corrected chi connectivity index (χ4v) is 1.61. The van der Waals surface area contributed by atoms with E-state index in [1.54, 1.807) is 0 Å². The van der Waals surface area contributed by atoms with Gasteiger partial charge in [-0.3, -0.25) is 0 Å². The third-order valence-electron chi connectivity index (χ3n) is 2.51. The molecule has 3 heteroatoms. The van der Waals surface area contributed by atoms with Crippen molar-refractivity contribution in [2.75, 3.05) is 18.5 Å². The van der Waals surface area contributed by atoms with Crippen molar-refractivity contribution in [3.05, 3.63) is 29.8 Å². The molecule has 2 rings (SSSR count). The average Bonchev–Trinajstić information content (AvgIpc) is 2.28. The molecule has 1 aliphatic rings. The average molecular weight is 219 g/mol. The van der Waals surface area contributed by atoms with Crippen molar-refractivity contribution >= 4 is 11.8 Å². The number of hydrogen-bond acceptors (Lipinski definition) is 3. The van der Waals surface area contributed by atoms with Crippen LogP contribution in [-0.4, -0.2) is 23.9 Å². The summed E-state index contributed by atoms with van der Waals surface area (Å²) in [5.41, 5.74) is 1.70. The van der Waals surface area contributed by atoms with Crippen LogP contribution in [0, 0.1) is 0 Å². The molecule has 0 fully saturated rings. The summed E-state index contributed by atoms with van der Waals surface area (Å²) in [5, 5.41) is 12.4. The van der Waals surface area contributed by atoms with Gasteiger partial charge in [-0.15, -0.1) is 0 Å². The zero-order valence-electron chi connectivity index (χ0n) is 9.66. The van der Waals surface area contributed by atoms with E-state index in [4.69, 9.17) is 9.84 Å². The van der Waals surface area contributed by atoms with E-state index in [0.29, 0.717) is 0 Å². The van der Waals surface area contributed by atoms with Gasteiger partial charge in [0.2, 0.25) is 0 Å². The van der Waals surface area contributed by atoms with E-state index < -0.39 is 5.60 Å². The number of benzene rings is 1. The third kappa shape index (κ3) is 2.36. The van der Waals surface area contributed by atoms with E-state index in [1.807, 2.05) is 32.0 Å². The number of fused-ring (bicyclic) bond motifs is 1. The maximum absolute atomic E-state index is 9.14. The van der Waals surface area contributed by atoms with Gasteiger partial charge in [0.15, 0.2) is 0 Å². The Bertz CT molecular complexity index is 410. The van der Waals surface area contributed by atoms with Crippen molar-refractivity contribution in [3.63, 3.8) is 0 Å². The summed E-state index contributed by atoms with van der Waals surface area (Å²) in [6, 6.07) is 5.90. The predicted octanol–water partition coefficient (Wildman–Crippen LogP) is 2.27. The van der Waals surface area contributed by atoms with Crippen molar-refractivity contribution in [2.24, 2.45) is 0 Å². The molecule has 0 radical (unpaired) electrons. The van der Waals surface area contributed by atoms with Gasteiger partial charge in [-0.1, -0.05) is 12.2 Å². The first-order chi connectivity index (χ1) is 7.61. The van der Waals surface area contributed by atoms with Crippen LogP contribution in [0.1, 0.15) is 19.4 Å². The number of anilines is 1. The molecule has 1 aromatic carbocycles. The van der Waals surface area contributed by atoms with Gasteiger partial charge in [0.05, 0.1) is 6.61 Å². The molecule has 1 aliphatic heterocycles. The monoisotopic (exact) mass is 219 g/mol. The van der Waals surface area contributed by atoms with Crippen molar-refractivity contribution in [3.8, 4) is 5.75 Å². The van der Waals surface area contributed by atoms with E-state index in [1.165, 1.54) is 0 Å². The highest BCUT2D eigenvalue weighted by molar-refractivity contribution is 5.71. The highest BCUT2D eigenvalue weighted by Gasteiger charge is 2.18. The summed E-state index contributed by atoms with van der Waals surface area (Å²) in [5.74, 6) is 0.783. The van der Waals surface area contributed by atoms with Crippen LogP contribution < -0.4 is 10.1 Å². The standard InChI is InChI=1S/C13H17NO2/c1-13(2,9-15)16-11-5-6-12-10(8-11)4-3-7-14-12/h3-6,8,14-15H,7,9H2,1-2H3. The highest BCUT2D eigenvalue weighted by Crippen LogP contribution is 2.27. The highest BCUT2D eigenvalue weighted by atomic mass is 16.5. The normalized spacial score (nSPS) is 14.2. The molecule has 16 heavy (non-hydrogen) atoms. The summed E-state index contributed by atoms with van der Waals surface area (Å²) in [7, 11) is 0. The minimum absolute atomic E-state index is 0.00181. The number of rotatable bonds is 3. The van der Waals surface area contributed by atoms with Crippen LogP contribution >= 0.6 is 0 Å². The van der Waals surface area contributed by atoms with Gasteiger partial charge in [0.1, 0.15) is 11.4 Å². The summed E-state index contributed by atoms with van der Waals surface area (Å²) < 4.78 is 5.71. The SMILES string of the molecule is CC(C)(CO)Oc1ccc2c(c1)C=CCN2. The fraction of sp³-hybridized carbons (Fsp3) is 0.385. The Balaban J connectivity index is 2.22. The van der Waals surface area contributed by atoms with Gasteiger partial charge in [-0.2, -0.15) is 0 Å². The van der Waals surface area contributed by atoms with Crippen LogP contribution in [0.3, 0.4) is 0 Å². The molecular formula is C13H17NO2. The Kier molecular flexibility index (Phi) is 2.88. The van der Waals surface area contributed by atoms with Crippen LogP contribution in [-0.2, 0) is 0 Å². The summed E-state index contributed by atoms with van der Waals surface area (Å²) in [6.07, 6.45) is 4.15. The van der Waals surface area contributed by atoms with E-state index >= 15 is 0 Å². The molecule has 0 amide bonds. The summed E-state index contributed by atoms with van der Waals surface area (Å²) in [6.45, 7) is 4.59. The smallest absolute Gasteiger partial charge is 0.126 e. The van der Waals surface area contributed by atoms with E-state index in [0.717, 1.165) is 23.5 Å². The van der Waals surface area contributed by atoms with E-state index in [-0.39, 0.29) is 6.61 Å². The summed E-state index contributed by atoms with van der Waals surface area (Å²) >= 11 is 0. The lowest BCUT2D eigenvalue weighted by molar-refractivity contribution is 0.0412. The lowest BCUT2D eigenvalue weighted by Gasteiger charge is -2.24. The first-order valence-corrected chi connectivity index (χ1v) is 5.45. The number of aliphatic hydroxyl groups is 1. The molecule has 1 heterocycles. The van der Waals surface area contributed by atoms with Gasteiger partial charge >= 0.3 is 0 Å². The van der Waals surface area contributed by atoms with Crippen molar-refractivity contribution in [1.82, 2.24) is 0 Å². The van der Waals surface area contributed by atoms with Crippen LogP contribution in [0.2, 0.25) is 0 Å². The zero-order chi connectivity index (χ0) is 11.6. The lowest BCUT2D eigenvalue weighted by Crippen LogP contribution is -2.32. The van der Waals surface area contributed by atoms with Gasteiger partial charge in [-0.05, 0) is 32.0 Å². The summed E-state index contributed by atoms with van der Waals surface area (Å²) in [4.78, 5) is 0. The van der Waals surface area contributed by atoms with E-state index in [9.17, 15) is 0 Å². The van der Waals surface area contributed by atoms with Crippen LogP contribution in [0.25, 0.3) is 6.08 Å². The van der Waals surface area contributed by atoms with Crippen molar-refractivity contribution < 1.29 is 9.84 Å². The Labute approximate surface area is 95.7 Å². The molecule has 0 aromatic heterocycles. The van der Waals surface area contributed by atoms with Gasteiger partial charge in [0, 0.05) is 17.8 Å². The Morgan fingerprint density at radius 1 is 1.44 bits per heavy atom. The molecular weight excluding hydrogens is 202 g/mol. The number of nitrogens with one attached hydrogen (secondary N) is 1. The topological polar surface area (TPSA) is 41.5 Å². The van der Waals surface area contributed by atoms with Gasteiger partial charge in [-0.25, -0.2) is 0 Å². The Morgan fingerprint density at radius 2 is 2.25 bits per heavy atom. The molecule has 86 valence electrons. The van der Waals surface area contributed by atoms with E-state index in [2.05, 4.69) is 17.5 Å². The van der Waals surface area contributed by atoms with Crippen LogP contribution in [0.4, 0.5) is 5.69 Å². The first-order valence-electron chi connectivity index (χ1n) is 5.45. The maximum atomic E-state index is 9.14. The molecule has 0 atom stereocenters. The predicted molar refractivity (Wildman–Crippen MR) is 65.8 cm³/mol. The third-order valence-corrected chi connectivity index (χ3v) is 2.51. The van der Waals surface area contributed by atoms with Crippen molar-refractivity contribution in [1.29, 1.82) is 0 Å². The van der Waals surface area contributed by atoms with Crippen LogP contribution in [0.5, 0.6) is 5.75 Å². The van der Waals surface area contributed by atoms with Crippen molar-refractivity contribution in [2.45, 2.75) is 19.4 Å². The lowest BCUT2D eigenvalue weighted by atomic mass is 10.1. The van der Waals surface area contributed by atoms with Gasteiger partial charge in [0.25, 0.3) is 0 Å². The molecule has 0 saturated carbocycles. The minimum atomic E-state index is -0.542. The molecule has 0 bridgehead atoms. The zero-order valence-corrected chi connectivity index (χ0v) is 9.66. The number of hydrogen-bond donors (Lipinski definition) is 2. The molecule has 0 aliphatic carbocycles. The molecule has 0 unspecified atom stereocenters. The second-order valence-corrected chi connectivity index (χ2v) is 4.55. The Hall–Kier alpha value is -1.48. The maximum Gasteiger partial charge on any atom is 0.126 e. The molecule has 2 N–H and O–H groups in total. The number of ether oxygens (including phenoxy) is 1. The quantitative estimate of drug-likeness (QED) is 0.819. The molecule has 0 spiro atoms. The minimum Gasteiger partial charge on any atom is -0.485 e. The molecule has 3 nitrogen and oxygen atoms in total. The Morgan fingerprint density at radius 3 is 3.00 bits per heavy atom. The fourth-order valence-electron chi connectivity index (χ4n) is 1.61. The number of aliphatic hydroxyl groups excluding tert-OH is 1.